The molecule has 6 nitrogen and oxygen atoms in total. The molecule has 0 unspecified atom stereocenters. The molecule has 3 aromatic carbocycles. The lowest BCUT2D eigenvalue weighted by molar-refractivity contribution is 0.0956. The zero-order valence-electron chi connectivity index (χ0n) is 14.3. The highest BCUT2D eigenvalue weighted by Crippen LogP contribution is 2.17. The van der Waals surface area contributed by atoms with Gasteiger partial charge in [-0.3, -0.25) is 9.59 Å². The molecule has 0 aromatic heterocycles. The molecule has 3 rings (SSSR count). The summed E-state index contributed by atoms with van der Waals surface area (Å²) in [6.45, 7) is 0. The van der Waals surface area contributed by atoms with Gasteiger partial charge in [0.2, 0.25) is 0 Å². The molecule has 0 aliphatic carbocycles. The highest BCUT2D eigenvalue weighted by molar-refractivity contribution is 6.09. The lowest BCUT2D eigenvalue weighted by atomic mass is 10.1. The second-order valence-electron chi connectivity index (χ2n) is 5.62. The second-order valence-corrected chi connectivity index (χ2v) is 5.62. The minimum Gasteiger partial charge on any atom is -0.507 e. The van der Waals surface area contributed by atoms with Crippen LogP contribution in [0.1, 0.15) is 26.3 Å². The van der Waals surface area contributed by atoms with Gasteiger partial charge >= 0.3 is 0 Å². The molecule has 0 spiro atoms. The van der Waals surface area contributed by atoms with Crippen LogP contribution in [0.2, 0.25) is 0 Å². The van der Waals surface area contributed by atoms with E-state index in [1.165, 1.54) is 12.3 Å². The van der Waals surface area contributed by atoms with Crippen molar-refractivity contribution in [2.45, 2.75) is 0 Å². The lowest BCUT2D eigenvalue weighted by Crippen LogP contribution is -2.21. The van der Waals surface area contributed by atoms with Gasteiger partial charge < -0.3 is 10.4 Å². The third kappa shape index (κ3) is 4.58. The number of rotatable bonds is 5. The van der Waals surface area contributed by atoms with Crippen LogP contribution in [0.25, 0.3) is 0 Å². The van der Waals surface area contributed by atoms with E-state index in [2.05, 4.69) is 15.8 Å². The number of aromatic hydroxyl groups is 1. The summed E-state index contributed by atoms with van der Waals surface area (Å²) in [6.07, 6.45) is 1.35. The van der Waals surface area contributed by atoms with Crippen LogP contribution in [-0.2, 0) is 0 Å². The molecule has 27 heavy (non-hydrogen) atoms. The first-order chi connectivity index (χ1) is 13.1. The number of anilines is 1. The van der Waals surface area contributed by atoms with E-state index in [1.54, 1.807) is 66.7 Å². The monoisotopic (exact) mass is 359 g/mol. The van der Waals surface area contributed by atoms with Gasteiger partial charge in [0.05, 0.1) is 17.5 Å². The van der Waals surface area contributed by atoms with Crippen LogP contribution in [0.4, 0.5) is 5.69 Å². The minimum absolute atomic E-state index is 0.0611. The van der Waals surface area contributed by atoms with Gasteiger partial charge in [0.15, 0.2) is 0 Å². The van der Waals surface area contributed by atoms with Crippen molar-refractivity contribution in [3.05, 3.63) is 95.6 Å². The van der Waals surface area contributed by atoms with Crippen LogP contribution in [0.15, 0.2) is 84.0 Å². The number of benzene rings is 3. The smallest absolute Gasteiger partial charge is 0.273 e. The number of phenolic OH excluding ortho intramolecular Hbond substituents is 1. The fourth-order valence-corrected chi connectivity index (χ4v) is 2.39. The average Bonchev–Trinajstić information content (AvgIpc) is 2.70. The summed E-state index contributed by atoms with van der Waals surface area (Å²) in [6, 6.07) is 22.0. The van der Waals surface area contributed by atoms with E-state index in [9.17, 15) is 14.7 Å². The van der Waals surface area contributed by atoms with Crippen molar-refractivity contribution in [1.29, 1.82) is 0 Å². The van der Waals surface area contributed by atoms with Gasteiger partial charge in [-0.15, -0.1) is 0 Å². The van der Waals surface area contributed by atoms with Gasteiger partial charge in [-0.25, -0.2) is 5.43 Å². The Balaban J connectivity index is 1.72. The maximum Gasteiger partial charge on any atom is 0.273 e. The Hall–Kier alpha value is -3.93. The highest BCUT2D eigenvalue weighted by atomic mass is 16.3. The van der Waals surface area contributed by atoms with Crippen molar-refractivity contribution in [1.82, 2.24) is 5.43 Å². The standard InChI is InChI=1S/C21H17N3O3/c25-19-13-7-4-10-16(19)14-22-24-21(27)17-11-5-6-12-18(17)23-20(26)15-8-2-1-3-9-15/h1-14,25H,(H,23,26)(H,24,27)/b22-14-. The first kappa shape index (κ1) is 17.9. The highest BCUT2D eigenvalue weighted by Gasteiger charge is 2.13. The molecular weight excluding hydrogens is 342 g/mol. The number of para-hydroxylation sites is 2. The molecule has 0 bridgehead atoms. The molecule has 6 heteroatoms. The maximum absolute atomic E-state index is 12.4. The number of nitrogens with one attached hydrogen (secondary N) is 2. The average molecular weight is 359 g/mol. The van der Waals surface area contributed by atoms with E-state index < -0.39 is 5.91 Å². The second kappa shape index (κ2) is 8.44. The van der Waals surface area contributed by atoms with E-state index in [1.807, 2.05) is 6.07 Å². The lowest BCUT2D eigenvalue weighted by Gasteiger charge is -2.10. The van der Waals surface area contributed by atoms with Crippen molar-refractivity contribution in [3.8, 4) is 5.75 Å². The first-order valence-corrected chi connectivity index (χ1v) is 8.22. The first-order valence-electron chi connectivity index (χ1n) is 8.22. The summed E-state index contributed by atoms with van der Waals surface area (Å²) in [7, 11) is 0. The molecule has 3 N–H and O–H groups in total. The summed E-state index contributed by atoms with van der Waals surface area (Å²) in [4.78, 5) is 24.7. The quantitative estimate of drug-likeness (QED) is 0.482. The van der Waals surface area contributed by atoms with Crippen LogP contribution in [0.3, 0.4) is 0 Å². The maximum atomic E-state index is 12.4. The molecule has 2 amide bonds. The Morgan fingerprint density at radius 1 is 0.815 bits per heavy atom. The van der Waals surface area contributed by atoms with Crippen molar-refractivity contribution >= 4 is 23.7 Å². The third-order valence-corrected chi connectivity index (χ3v) is 3.76. The molecular formula is C21H17N3O3. The normalized spacial score (nSPS) is 10.5. The van der Waals surface area contributed by atoms with E-state index in [0.717, 1.165) is 0 Å². The van der Waals surface area contributed by atoms with Crippen LogP contribution in [0.5, 0.6) is 5.75 Å². The summed E-state index contributed by atoms with van der Waals surface area (Å²) in [5, 5.41) is 16.3. The molecule has 0 heterocycles. The van der Waals surface area contributed by atoms with Crippen LogP contribution in [0, 0.1) is 0 Å². The van der Waals surface area contributed by atoms with Crippen molar-refractivity contribution in [3.63, 3.8) is 0 Å². The van der Waals surface area contributed by atoms with Gasteiger partial charge in [-0.1, -0.05) is 42.5 Å². The Labute approximate surface area is 156 Å². The Morgan fingerprint density at radius 3 is 2.26 bits per heavy atom. The number of hydrogen-bond donors (Lipinski definition) is 3. The predicted molar refractivity (Wildman–Crippen MR) is 104 cm³/mol. The van der Waals surface area contributed by atoms with Crippen LogP contribution >= 0.6 is 0 Å². The van der Waals surface area contributed by atoms with E-state index in [0.29, 0.717) is 16.8 Å². The minimum atomic E-state index is -0.481. The number of nitrogens with zero attached hydrogens (tertiary/aromatic N) is 1. The van der Waals surface area contributed by atoms with Gasteiger partial charge in [-0.05, 0) is 36.4 Å². The van der Waals surface area contributed by atoms with Gasteiger partial charge in [0, 0.05) is 11.1 Å². The molecule has 0 fully saturated rings. The number of amides is 2. The van der Waals surface area contributed by atoms with Gasteiger partial charge in [0.25, 0.3) is 11.8 Å². The molecule has 0 atom stereocenters. The number of carbonyl (C=O) groups excluding carboxylic acids is 2. The molecule has 0 aliphatic rings. The Morgan fingerprint density at radius 2 is 1.48 bits per heavy atom. The number of carbonyl (C=O) groups is 2. The summed E-state index contributed by atoms with van der Waals surface area (Å²) in [5.41, 5.74) is 4.01. The van der Waals surface area contributed by atoms with Crippen LogP contribution in [-0.4, -0.2) is 23.1 Å². The van der Waals surface area contributed by atoms with E-state index >= 15 is 0 Å². The largest absolute Gasteiger partial charge is 0.507 e. The van der Waals surface area contributed by atoms with Crippen LogP contribution < -0.4 is 10.7 Å². The number of phenols is 1. The summed E-state index contributed by atoms with van der Waals surface area (Å²) >= 11 is 0. The topological polar surface area (TPSA) is 90.8 Å². The SMILES string of the molecule is O=C(Nc1ccccc1C(=O)N/N=C\c1ccccc1O)c1ccccc1. The van der Waals surface area contributed by atoms with Crippen molar-refractivity contribution in [2.75, 3.05) is 5.32 Å². The number of hydrazone groups is 1. The zero-order chi connectivity index (χ0) is 19.1. The summed E-state index contributed by atoms with van der Waals surface area (Å²) in [5.74, 6) is -0.731. The molecule has 134 valence electrons. The Kier molecular flexibility index (Phi) is 5.59. The molecule has 0 saturated heterocycles. The molecule has 0 saturated carbocycles. The third-order valence-electron chi connectivity index (χ3n) is 3.76. The van der Waals surface area contributed by atoms with Gasteiger partial charge in [-0.2, -0.15) is 5.10 Å². The fourth-order valence-electron chi connectivity index (χ4n) is 2.39. The fraction of sp³-hybridized carbons (Fsp3) is 0. The van der Waals surface area contributed by atoms with Gasteiger partial charge in [0.1, 0.15) is 5.75 Å². The van der Waals surface area contributed by atoms with Crippen molar-refractivity contribution in [2.24, 2.45) is 5.10 Å². The zero-order valence-corrected chi connectivity index (χ0v) is 14.3. The van der Waals surface area contributed by atoms with E-state index in [4.69, 9.17) is 0 Å². The summed E-state index contributed by atoms with van der Waals surface area (Å²) < 4.78 is 0. The van der Waals surface area contributed by atoms with E-state index in [-0.39, 0.29) is 17.2 Å². The number of hydrogen-bond acceptors (Lipinski definition) is 4. The van der Waals surface area contributed by atoms with Crippen molar-refractivity contribution < 1.29 is 14.7 Å². The predicted octanol–water partition coefficient (Wildman–Crippen LogP) is 3.41. The molecule has 3 aromatic rings. The molecule has 0 radical (unpaired) electrons. The molecule has 0 aliphatic heterocycles. The Bertz CT molecular complexity index is 985.